The largest absolute Gasteiger partial charge is 0.382 e. The summed E-state index contributed by atoms with van der Waals surface area (Å²) in [4.78, 5) is 0. The van der Waals surface area contributed by atoms with Gasteiger partial charge >= 0.3 is 0 Å². The van der Waals surface area contributed by atoms with E-state index in [0.29, 0.717) is 12.2 Å². The Labute approximate surface area is 90.2 Å². The molecule has 0 bridgehead atoms. The van der Waals surface area contributed by atoms with Gasteiger partial charge in [-0.05, 0) is 38.0 Å². The van der Waals surface area contributed by atoms with Crippen LogP contribution < -0.4 is 5.73 Å². The second kappa shape index (κ2) is 4.29. The molecule has 3 heteroatoms. The maximum absolute atomic E-state index is 13.8. The highest BCUT2D eigenvalue weighted by Gasteiger charge is 2.26. The number of rotatable bonds is 3. The molecule has 0 heterocycles. The number of aryl methyl sites for hydroxylation is 2. The zero-order valence-corrected chi connectivity index (χ0v) is 9.73. The van der Waals surface area contributed by atoms with Crippen LogP contribution in [0, 0.1) is 19.7 Å². The predicted molar refractivity (Wildman–Crippen MR) is 59.3 cm³/mol. The van der Waals surface area contributed by atoms with E-state index in [-0.39, 0.29) is 5.82 Å². The Hall–Kier alpha value is -0.930. The second-order valence-corrected chi connectivity index (χ2v) is 4.29. The van der Waals surface area contributed by atoms with E-state index in [4.69, 9.17) is 10.5 Å². The first-order valence-corrected chi connectivity index (χ1v) is 4.93. The quantitative estimate of drug-likeness (QED) is 0.832. The highest BCUT2D eigenvalue weighted by Crippen LogP contribution is 2.26. The van der Waals surface area contributed by atoms with Crippen molar-refractivity contribution in [1.29, 1.82) is 0 Å². The van der Waals surface area contributed by atoms with Gasteiger partial charge < -0.3 is 10.5 Å². The first-order chi connectivity index (χ1) is 6.88. The van der Waals surface area contributed by atoms with E-state index in [1.807, 2.05) is 19.9 Å². The van der Waals surface area contributed by atoms with Gasteiger partial charge in [-0.1, -0.05) is 6.07 Å². The Kier molecular flexibility index (Phi) is 3.47. The van der Waals surface area contributed by atoms with E-state index >= 15 is 0 Å². The van der Waals surface area contributed by atoms with E-state index < -0.39 is 5.54 Å². The molecular formula is C12H18FNO. The molecule has 2 N–H and O–H groups in total. The molecule has 0 spiro atoms. The van der Waals surface area contributed by atoms with E-state index in [0.717, 1.165) is 11.1 Å². The number of methoxy groups -OCH3 is 1. The second-order valence-electron chi connectivity index (χ2n) is 4.29. The third-order valence-corrected chi connectivity index (χ3v) is 2.45. The average Bonchev–Trinajstić information content (AvgIpc) is 1.99. The number of hydrogen-bond donors (Lipinski definition) is 1. The Morgan fingerprint density at radius 1 is 1.40 bits per heavy atom. The van der Waals surface area contributed by atoms with Crippen LogP contribution in [0.5, 0.6) is 0 Å². The molecule has 0 aliphatic carbocycles. The van der Waals surface area contributed by atoms with Crippen molar-refractivity contribution >= 4 is 0 Å². The molecule has 0 aromatic heterocycles. The number of benzene rings is 1. The van der Waals surface area contributed by atoms with Gasteiger partial charge in [-0.2, -0.15) is 0 Å². The summed E-state index contributed by atoms with van der Waals surface area (Å²) in [5, 5.41) is 0. The topological polar surface area (TPSA) is 35.2 Å². The molecule has 1 rings (SSSR count). The molecular weight excluding hydrogens is 193 g/mol. The van der Waals surface area contributed by atoms with Crippen LogP contribution in [0.4, 0.5) is 4.39 Å². The van der Waals surface area contributed by atoms with Crippen LogP contribution in [-0.2, 0) is 10.3 Å². The minimum Gasteiger partial charge on any atom is -0.382 e. The summed E-state index contributed by atoms with van der Waals surface area (Å²) in [7, 11) is 1.56. The molecule has 1 atom stereocenters. The summed E-state index contributed by atoms with van der Waals surface area (Å²) >= 11 is 0. The fourth-order valence-electron chi connectivity index (χ4n) is 2.01. The van der Waals surface area contributed by atoms with Crippen LogP contribution in [0.1, 0.15) is 23.6 Å². The summed E-state index contributed by atoms with van der Waals surface area (Å²) in [6.07, 6.45) is 0. The lowest BCUT2D eigenvalue weighted by molar-refractivity contribution is 0.138. The van der Waals surface area contributed by atoms with Crippen molar-refractivity contribution in [3.63, 3.8) is 0 Å². The van der Waals surface area contributed by atoms with Gasteiger partial charge in [0.05, 0.1) is 12.1 Å². The number of nitrogens with two attached hydrogens (primary N) is 1. The lowest BCUT2D eigenvalue weighted by Crippen LogP contribution is -2.39. The minimum atomic E-state index is -0.781. The van der Waals surface area contributed by atoms with E-state index in [2.05, 4.69) is 0 Å². The zero-order chi connectivity index (χ0) is 11.6. The summed E-state index contributed by atoms with van der Waals surface area (Å²) in [5.41, 5.74) is 7.57. The Morgan fingerprint density at radius 3 is 2.47 bits per heavy atom. The van der Waals surface area contributed by atoms with Crippen molar-refractivity contribution in [2.75, 3.05) is 13.7 Å². The van der Waals surface area contributed by atoms with Crippen molar-refractivity contribution in [2.45, 2.75) is 26.3 Å². The molecule has 0 amide bonds. The molecule has 0 saturated heterocycles. The van der Waals surface area contributed by atoms with Crippen molar-refractivity contribution in [2.24, 2.45) is 5.73 Å². The van der Waals surface area contributed by atoms with Gasteiger partial charge in [0, 0.05) is 12.7 Å². The Morgan fingerprint density at radius 2 is 2.00 bits per heavy atom. The molecule has 0 saturated carbocycles. The van der Waals surface area contributed by atoms with Gasteiger partial charge in [-0.25, -0.2) is 4.39 Å². The summed E-state index contributed by atoms with van der Waals surface area (Å²) in [6, 6.07) is 3.43. The van der Waals surface area contributed by atoms with Gasteiger partial charge in [0.25, 0.3) is 0 Å². The van der Waals surface area contributed by atoms with Crippen molar-refractivity contribution in [1.82, 2.24) is 0 Å². The zero-order valence-electron chi connectivity index (χ0n) is 9.73. The standard InChI is InChI=1S/C12H18FNO/c1-8-5-9(2)11(10(13)6-8)12(3,14)7-15-4/h5-6H,7,14H2,1-4H3. The van der Waals surface area contributed by atoms with E-state index in [1.165, 1.54) is 6.07 Å². The molecule has 15 heavy (non-hydrogen) atoms. The SMILES string of the molecule is COCC(C)(N)c1c(C)cc(C)cc1F. The van der Waals surface area contributed by atoms with Crippen LogP contribution in [0.15, 0.2) is 12.1 Å². The predicted octanol–water partition coefficient (Wildman–Crippen LogP) is 2.26. The smallest absolute Gasteiger partial charge is 0.128 e. The number of hydrogen-bond acceptors (Lipinski definition) is 2. The van der Waals surface area contributed by atoms with Gasteiger partial charge in [-0.15, -0.1) is 0 Å². The molecule has 0 fully saturated rings. The fraction of sp³-hybridized carbons (Fsp3) is 0.500. The first kappa shape index (κ1) is 12.1. The molecule has 2 nitrogen and oxygen atoms in total. The first-order valence-electron chi connectivity index (χ1n) is 4.93. The number of ether oxygens (including phenoxy) is 1. The van der Waals surface area contributed by atoms with Gasteiger partial charge in [-0.3, -0.25) is 0 Å². The highest BCUT2D eigenvalue weighted by atomic mass is 19.1. The van der Waals surface area contributed by atoms with E-state index in [1.54, 1.807) is 14.0 Å². The van der Waals surface area contributed by atoms with Crippen molar-refractivity contribution in [3.8, 4) is 0 Å². The molecule has 1 unspecified atom stereocenters. The van der Waals surface area contributed by atoms with Gasteiger partial charge in [0.1, 0.15) is 5.82 Å². The summed E-state index contributed by atoms with van der Waals surface area (Å²) in [6.45, 7) is 5.81. The minimum absolute atomic E-state index is 0.255. The molecule has 84 valence electrons. The molecule has 0 aliphatic rings. The lowest BCUT2D eigenvalue weighted by atomic mass is 9.89. The molecule has 0 radical (unpaired) electrons. The monoisotopic (exact) mass is 211 g/mol. The third kappa shape index (κ3) is 2.55. The Bertz CT molecular complexity index is 338. The summed E-state index contributed by atoms with van der Waals surface area (Å²) in [5.74, 6) is -0.255. The number of halogens is 1. The maximum Gasteiger partial charge on any atom is 0.128 e. The lowest BCUT2D eigenvalue weighted by Gasteiger charge is -2.26. The normalized spacial score (nSPS) is 15.1. The maximum atomic E-state index is 13.8. The molecule has 1 aromatic rings. The fourth-order valence-corrected chi connectivity index (χ4v) is 2.01. The third-order valence-electron chi connectivity index (χ3n) is 2.45. The van der Waals surface area contributed by atoms with Crippen LogP contribution in [0.25, 0.3) is 0 Å². The average molecular weight is 211 g/mol. The van der Waals surface area contributed by atoms with E-state index in [9.17, 15) is 4.39 Å². The van der Waals surface area contributed by atoms with Gasteiger partial charge in [0.2, 0.25) is 0 Å². The molecule has 0 aliphatic heterocycles. The Balaban J connectivity index is 3.24. The van der Waals surface area contributed by atoms with Crippen molar-refractivity contribution < 1.29 is 9.13 Å². The van der Waals surface area contributed by atoms with Crippen LogP contribution >= 0.6 is 0 Å². The molecule has 1 aromatic carbocycles. The van der Waals surface area contributed by atoms with Crippen LogP contribution in [-0.4, -0.2) is 13.7 Å². The van der Waals surface area contributed by atoms with Gasteiger partial charge in [0.15, 0.2) is 0 Å². The van der Waals surface area contributed by atoms with Crippen LogP contribution in [0.2, 0.25) is 0 Å². The highest BCUT2D eigenvalue weighted by molar-refractivity contribution is 5.36. The van der Waals surface area contributed by atoms with Crippen molar-refractivity contribution in [3.05, 3.63) is 34.6 Å². The van der Waals surface area contributed by atoms with Crippen LogP contribution in [0.3, 0.4) is 0 Å². The summed E-state index contributed by atoms with van der Waals surface area (Å²) < 4.78 is 18.8.